The van der Waals surface area contributed by atoms with Crippen LogP contribution in [0.5, 0.6) is 5.75 Å². The van der Waals surface area contributed by atoms with E-state index in [2.05, 4.69) is 21.2 Å². The van der Waals surface area contributed by atoms with Crippen molar-refractivity contribution in [3.63, 3.8) is 0 Å². The molecular weight excluding hydrogens is 330 g/mol. The fourth-order valence-corrected chi connectivity index (χ4v) is 2.33. The van der Waals surface area contributed by atoms with E-state index in [1.54, 1.807) is 12.1 Å². The highest BCUT2D eigenvalue weighted by molar-refractivity contribution is 9.10. The Bertz CT molecular complexity index is 626. The smallest absolute Gasteiger partial charge is 0.251 e. The highest BCUT2D eigenvalue weighted by atomic mass is 79.9. The zero-order valence-corrected chi connectivity index (χ0v) is 13.7. The van der Waals surface area contributed by atoms with Crippen molar-refractivity contribution in [2.75, 3.05) is 0 Å². The number of hydrogen-bond donors (Lipinski definition) is 1. The van der Waals surface area contributed by atoms with E-state index in [0.29, 0.717) is 17.9 Å². The van der Waals surface area contributed by atoms with Crippen LogP contribution in [0, 0.1) is 0 Å². The van der Waals surface area contributed by atoms with Gasteiger partial charge in [0.1, 0.15) is 5.75 Å². The van der Waals surface area contributed by atoms with Gasteiger partial charge in [-0.25, -0.2) is 0 Å². The van der Waals surface area contributed by atoms with Gasteiger partial charge >= 0.3 is 0 Å². The van der Waals surface area contributed by atoms with E-state index >= 15 is 0 Å². The first-order chi connectivity index (χ1) is 10.1. The normalized spacial score (nSPS) is 10.5. The van der Waals surface area contributed by atoms with Crippen molar-refractivity contribution in [1.29, 1.82) is 0 Å². The Morgan fingerprint density at radius 3 is 2.67 bits per heavy atom. The number of carbonyl (C=O) groups excluding carboxylic acids is 1. The Kier molecular flexibility index (Phi) is 5.39. The maximum absolute atomic E-state index is 12.2. The van der Waals surface area contributed by atoms with Crippen LogP contribution in [-0.4, -0.2) is 12.0 Å². The van der Waals surface area contributed by atoms with E-state index in [0.717, 1.165) is 10.0 Å². The summed E-state index contributed by atoms with van der Waals surface area (Å²) < 4.78 is 6.59. The summed E-state index contributed by atoms with van der Waals surface area (Å²) >= 11 is 3.47. The lowest BCUT2D eigenvalue weighted by Crippen LogP contribution is -2.23. The van der Waals surface area contributed by atoms with Crippen LogP contribution in [0.2, 0.25) is 0 Å². The molecule has 0 atom stereocenters. The van der Waals surface area contributed by atoms with Crippen LogP contribution in [0.25, 0.3) is 0 Å². The predicted octanol–water partition coefficient (Wildman–Crippen LogP) is 4.17. The summed E-state index contributed by atoms with van der Waals surface area (Å²) in [6.07, 6.45) is 0.0867. The Balaban J connectivity index is 2.02. The molecule has 0 unspecified atom stereocenters. The minimum atomic E-state index is -0.111. The van der Waals surface area contributed by atoms with E-state index in [9.17, 15) is 4.79 Å². The summed E-state index contributed by atoms with van der Waals surface area (Å²) in [5, 5.41) is 2.91. The summed E-state index contributed by atoms with van der Waals surface area (Å²) in [6.45, 7) is 4.40. The van der Waals surface area contributed by atoms with Gasteiger partial charge in [-0.3, -0.25) is 4.79 Å². The maximum Gasteiger partial charge on any atom is 0.251 e. The highest BCUT2D eigenvalue weighted by Crippen LogP contribution is 2.17. The van der Waals surface area contributed by atoms with E-state index in [-0.39, 0.29) is 12.0 Å². The topological polar surface area (TPSA) is 38.3 Å². The van der Waals surface area contributed by atoms with Gasteiger partial charge in [0.2, 0.25) is 0 Å². The first kappa shape index (κ1) is 15.6. The maximum atomic E-state index is 12.2. The molecule has 0 aromatic heterocycles. The molecule has 4 heteroatoms. The molecule has 0 bridgehead atoms. The average molecular weight is 348 g/mol. The lowest BCUT2D eigenvalue weighted by molar-refractivity contribution is 0.0950. The Labute approximate surface area is 133 Å². The molecule has 0 radical (unpaired) electrons. The molecule has 0 saturated heterocycles. The molecule has 0 saturated carbocycles. The summed E-state index contributed by atoms with van der Waals surface area (Å²) in [4.78, 5) is 12.2. The third-order valence-electron chi connectivity index (χ3n) is 2.87. The molecule has 110 valence electrons. The molecule has 0 spiro atoms. The van der Waals surface area contributed by atoms with Crippen molar-refractivity contribution in [2.45, 2.75) is 26.5 Å². The van der Waals surface area contributed by atoms with Gasteiger partial charge in [-0.05, 0) is 43.7 Å². The molecule has 2 rings (SSSR count). The standard InChI is InChI=1S/C17H18BrNO2/c1-12(2)21-15-8-5-7-13(10-15)17(20)19-11-14-6-3-4-9-16(14)18/h3-10,12H,11H2,1-2H3,(H,19,20). The molecule has 2 aromatic carbocycles. The molecule has 1 N–H and O–H groups in total. The second-order valence-electron chi connectivity index (χ2n) is 4.97. The van der Waals surface area contributed by atoms with Crippen LogP contribution in [0.4, 0.5) is 0 Å². The zero-order chi connectivity index (χ0) is 15.2. The first-order valence-electron chi connectivity index (χ1n) is 6.84. The third-order valence-corrected chi connectivity index (χ3v) is 3.64. The molecule has 0 aliphatic heterocycles. The van der Waals surface area contributed by atoms with Crippen LogP contribution in [-0.2, 0) is 6.54 Å². The quantitative estimate of drug-likeness (QED) is 0.881. The van der Waals surface area contributed by atoms with Gasteiger partial charge in [0.25, 0.3) is 5.91 Å². The first-order valence-corrected chi connectivity index (χ1v) is 7.64. The molecule has 0 aliphatic carbocycles. The van der Waals surface area contributed by atoms with Gasteiger partial charge in [-0.2, -0.15) is 0 Å². The summed E-state index contributed by atoms with van der Waals surface area (Å²) in [7, 11) is 0. The fraction of sp³-hybridized carbons (Fsp3) is 0.235. The number of halogens is 1. The van der Waals surface area contributed by atoms with Crippen LogP contribution >= 0.6 is 15.9 Å². The minimum absolute atomic E-state index is 0.0867. The number of nitrogens with one attached hydrogen (secondary N) is 1. The predicted molar refractivity (Wildman–Crippen MR) is 87.5 cm³/mol. The van der Waals surface area contributed by atoms with Crippen molar-refractivity contribution in [2.24, 2.45) is 0 Å². The number of ether oxygens (including phenoxy) is 1. The van der Waals surface area contributed by atoms with Crippen molar-refractivity contribution in [3.05, 3.63) is 64.1 Å². The monoisotopic (exact) mass is 347 g/mol. The van der Waals surface area contributed by atoms with Gasteiger partial charge < -0.3 is 10.1 Å². The molecular formula is C17H18BrNO2. The Hall–Kier alpha value is -1.81. The van der Waals surface area contributed by atoms with Crippen LogP contribution < -0.4 is 10.1 Å². The van der Waals surface area contributed by atoms with Crippen molar-refractivity contribution >= 4 is 21.8 Å². The van der Waals surface area contributed by atoms with Crippen LogP contribution in [0.3, 0.4) is 0 Å². The van der Waals surface area contributed by atoms with E-state index < -0.39 is 0 Å². The molecule has 0 fully saturated rings. The largest absolute Gasteiger partial charge is 0.491 e. The Morgan fingerprint density at radius 2 is 1.95 bits per heavy atom. The van der Waals surface area contributed by atoms with Gasteiger partial charge in [-0.15, -0.1) is 0 Å². The second kappa shape index (κ2) is 7.27. The SMILES string of the molecule is CC(C)Oc1cccc(C(=O)NCc2ccccc2Br)c1. The number of carbonyl (C=O) groups is 1. The Morgan fingerprint density at radius 1 is 1.19 bits per heavy atom. The van der Waals surface area contributed by atoms with E-state index in [4.69, 9.17) is 4.74 Å². The average Bonchev–Trinajstić information content (AvgIpc) is 2.45. The summed E-state index contributed by atoms with van der Waals surface area (Å²) in [5.41, 5.74) is 1.64. The third kappa shape index (κ3) is 4.60. The highest BCUT2D eigenvalue weighted by Gasteiger charge is 2.08. The number of hydrogen-bond acceptors (Lipinski definition) is 2. The van der Waals surface area contributed by atoms with Crippen molar-refractivity contribution in [3.8, 4) is 5.75 Å². The second-order valence-corrected chi connectivity index (χ2v) is 5.82. The molecule has 1 amide bonds. The summed E-state index contributed by atoms with van der Waals surface area (Å²) in [5.74, 6) is 0.596. The van der Waals surface area contributed by atoms with Gasteiger partial charge in [0.15, 0.2) is 0 Å². The van der Waals surface area contributed by atoms with Crippen LogP contribution in [0.1, 0.15) is 29.8 Å². The lowest BCUT2D eigenvalue weighted by atomic mass is 10.2. The molecule has 0 aliphatic rings. The number of benzene rings is 2. The zero-order valence-electron chi connectivity index (χ0n) is 12.1. The van der Waals surface area contributed by atoms with Crippen molar-refractivity contribution in [1.82, 2.24) is 5.32 Å². The lowest BCUT2D eigenvalue weighted by Gasteiger charge is -2.11. The van der Waals surface area contributed by atoms with Gasteiger partial charge in [0.05, 0.1) is 6.10 Å². The van der Waals surface area contributed by atoms with Crippen molar-refractivity contribution < 1.29 is 9.53 Å². The molecule has 3 nitrogen and oxygen atoms in total. The minimum Gasteiger partial charge on any atom is -0.491 e. The molecule has 21 heavy (non-hydrogen) atoms. The summed E-state index contributed by atoms with van der Waals surface area (Å²) in [6, 6.07) is 15.0. The van der Waals surface area contributed by atoms with E-state index in [1.807, 2.05) is 50.2 Å². The molecule has 2 aromatic rings. The van der Waals surface area contributed by atoms with Gasteiger partial charge in [0, 0.05) is 16.6 Å². The molecule has 0 heterocycles. The number of amides is 1. The van der Waals surface area contributed by atoms with E-state index in [1.165, 1.54) is 0 Å². The fourth-order valence-electron chi connectivity index (χ4n) is 1.90. The van der Waals surface area contributed by atoms with Crippen LogP contribution in [0.15, 0.2) is 53.0 Å². The van der Waals surface area contributed by atoms with Gasteiger partial charge in [-0.1, -0.05) is 40.2 Å². The number of rotatable bonds is 5.